The average molecular weight is 1600 g/mol. The minimum atomic E-state index is -1.71. The highest BCUT2D eigenvalue weighted by atomic mass is 32.2. The summed E-state index contributed by atoms with van der Waals surface area (Å²) < 4.78 is 0. The predicted octanol–water partition coefficient (Wildman–Crippen LogP) is 0.290. The van der Waals surface area contributed by atoms with E-state index in [1.165, 1.54) is 16.7 Å². The van der Waals surface area contributed by atoms with Gasteiger partial charge in [0.05, 0.1) is 6.04 Å². The molecule has 4 heterocycles. The Morgan fingerprint density at radius 2 is 0.896 bits per heavy atom. The molecule has 1 aliphatic heterocycles. The number of guanidine groups is 1. The van der Waals surface area contributed by atoms with Crippen LogP contribution in [0.1, 0.15) is 120 Å². The number of thioether (sulfide) groups is 1. The Kier molecular flexibility index (Phi) is 33.9. The molecule has 4 aromatic carbocycles. The van der Waals surface area contributed by atoms with E-state index in [2.05, 4.69) is 68.1 Å². The van der Waals surface area contributed by atoms with Crippen LogP contribution in [0.4, 0.5) is 0 Å². The number of aromatic nitrogens is 3. The summed E-state index contributed by atoms with van der Waals surface area (Å²) in [5, 5.41) is 37.1. The van der Waals surface area contributed by atoms with Crippen molar-refractivity contribution in [3.63, 3.8) is 0 Å². The molecule has 1 aliphatic rings. The lowest BCUT2D eigenvalue weighted by molar-refractivity contribution is -0.142. The van der Waals surface area contributed by atoms with Crippen LogP contribution in [0.25, 0.3) is 32.7 Å². The normalized spacial score (nSPS) is 15.3. The Bertz CT molecular complexity index is 4550. The van der Waals surface area contributed by atoms with Gasteiger partial charge in [-0.1, -0.05) is 98.8 Å². The van der Waals surface area contributed by atoms with Gasteiger partial charge in [0.25, 0.3) is 0 Å². The van der Waals surface area contributed by atoms with Crippen LogP contribution in [0.2, 0.25) is 0 Å². The zero-order chi connectivity index (χ0) is 83.3. The fraction of sp³-hybridized carbons (Fsp3) is 0.450. The molecule has 1 saturated heterocycles. The first-order chi connectivity index (χ1) is 55.1. The van der Waals surface area contributed by atoms with Crippen molar-refractivity contribution in [2.75, 3.05) is 31.6 Å². The van der Waals surface area contributed by atoms with Crippen molar-refractivity contribution < 1.29 is 62.3 Å². The number of nitrogens with two attached hydrogens (primary N) is 6. The molecule has 26 N–H and O–H groups in total. The molecule has 0 radical (unpaired) electrons. The highest BCUT2D eigenvalue weighted by Gasteiger charge is 2.42. The Hall–Kier alpha value is -11.8. The number of para-hydroxylation sites is 3. The summed E-state index contributed by atoms with van der Waals surface area (Å²) in [4.78, 5) is 197. The summed E-state index contributed by atoms with van der Waals surface area (Å²) in [6.07, 6.45) is 6.40. The molecule has 0 bridgehead atoms. The monoisotopic (exact) mass is 1600 g/mol. The van der Waals surface area contributed by atoms with Gasteiger partial charge in [-0.2, -0.15) is 11.8 Å². The summed E-state index contributed by atoms with van der Waals surface area (Å²) in [7, 11) is 0. The number of primary amides is 3. The summed E-state index contributed by atoms with van der Waals surface area (Å²) in [6, 6.07) is 15.3. The smallest absolute Gasteiger partial charge is 0.245 e. The number of carbonyl (C=O) groups is 13. The van der Waals surface area contributed by atoms with E-state index in [0.29, 0.717) is 58.2 Å². The second kappa shape index (κ2) is 44.0. The van der Waals surface area contributed by atoms with E-state index in [-0.39, 0.29) is 95.7 Å². The first-order valence-electron chi connectivity index (χ1n) is 38.7. The van der Waals surface area contributed by atoms with Crippen LogP contribution >= 0.6 is 11.8 Å². The topological polar surface area (TPSA) is 573 Å². The minimum absolute atomic E-state index is 0.0200. The third-order valence-corrected chi connectivity index (χ3v) is 20.7. The van der Waals surface area contributed by atoms with Gasteiger partial charge in [0.1, 0.15) is 60.4 Å². The molecule has 0 unspecified atom stereocenters. The van der Waals surface area contributed by atoms with Gasteiger partial charge in [-0.15, -0.1) is 0 Å². The van der Waals surface area contributed by atoms with Crippen molar-refractivity contribution in [3.05, 3.63) is 144 Å². The van der Waals surface area contributed by atoms with Crippen LogP contribution in [0.3, 0.4) is 0 Å². The molecule has 7 aromatic rings. The van der Waals surface area contributed by atoms with Crippen LogP contribution in [0.15, 0.2) is 122 Å². The van der Waals surface area contributed by atoms with Crippen LogP contribution < -0.4 is 87.6 Å². The maximum atomic E-state index is 15.5. The van der Waals surface area contributed by atoms with Crippen LogP contribution in [0.5, 0.6) is 0 Å². The number of amides is 13. The highest BCUT2D eigenvalue weighted by molar-refractivity contribution is 7.98. The number of H-pyrrole nitrogens is 3. The number of aromatic amines is 3. The fourth-order valence-electron chi connectivity index (χ4n) is 14.0. The van der Waals surface area contributed by atoms with E-state index in [9.17, 15) is 43.2 Å². The zero-order valence-electron chi connectivity index (χ0n) is 65.0. The van der Waals surface area contributed by atoms with Gasteiger partial charge in [0.15, 0.2) is 5.96 Å². The Morgan fingerprint density at radius 3 is 1.36 bits per heavy atom. The largest absolute Gasteiger partial charge is 0.370 e. The SMILES string of the molecule is CSCC[C@H](NC(=O)[C@H](CC(C)C)NC(=O)[C@@H](Cc1c[nH]c2ccccc12)NC(=O)[C@H](Cc1ccccc1)NC(=O)[C@@H](Cc1c[nH]c2ccccc12)NC(=O)[C@H](CCC(N)=O)NC(=O)[C@H](CCC(N)=O)NC(=O)[C@@H]1CCCN1C(=O)[C@H](CCCCN)NC(=O)[C@@H](Cc1c[nH]c2ccccc12)NC(=O)[C@@H](N)CCCNC(=N)N)C(N)=O. The van der Waals surface area contributed by atoms with Crippen LogP contribution in [-0.4, -0.2) is 201 Å². The van der Waals surface area contributed by atoms with Gasteiger partial charge in [-0.25, -0.2) is 0 Å². The number of unbranched alkanes of at least 4 members (excludes halogenated alkanes) is 1. The van der Waals surface area contributed by atoms with Gasteiger partial charge in [0, 0.05) is 103 Å². The number of nitrogens with one attached hydrogen (secondary N) is 14. The van der Waals surface area contributed by atoms with Gasteiger partial charge in [-0.05, 0) is 136 Å². The van der Waals surface area contributed by atoms with E-state index < -0.39 is 169 Å². The number of fused-ring (bicyclic) bond motifs is 3. The molecule has 34 nitrogen and oxygen atoms in total. The molecule has 0 spiro atoms. The number of hydrogen-bond acceptors (Lipinski definition) is 17. The molecular formula is C80H109N21O13S. The second-order valence-electron chi connectivity index (χ2n) is 29.3. The number of hydrogen-bond donors (Lipinski definition) is 20. The number of carbonyl (C=O) groups excluding carboxylic acids is 13. The van der Waals surface area contributed by atoms with E-state index in [1.807, 2.05) is 62.6 Å². The first kappa shape index (κ1) is 88.7. The van der Waals surface area contributed by atoms with E-state index in [0.717, 1.165) is 21.8 Å². The lowest BCUT2D eigenvalue weighted by atomic mass is 9.99. The maximum Gasteiger partial charge on any atom is 0.245 e. The summed E-state index contributed by atoms with van der Waals surface area (Å²) >= 11 is 1.45. The van der Waals surface area contributed by atoms with Gasteiger partial charge in [-0.3, -0.25) is 67.7 Å². The van der Waals surface area contributed by atoms with Crippen molar-refractivity contribution in [1.29, 1.82) is 5.41 Å². The van der Waals surface area contributed by atoms with Crippen molar-refractivity contribution >= 4 is 127 Å². The van der Waals surface area contributed by atoms with Gasteiger partial charge < -0.3 is 107 Å². The van der Waals surface area contributed by atoms with Crippen LogP contribution in [-0.2, 0) is 88.0 Å². The third kappa shape index (κ3) is 26.6. The lowest BCUT2D eigenvalue weighted by Crippen LogP contribution is -2.61. The molecule has 115 heavy (non-hydrogen) atoms. The van der Waals surface area contributed by atoms with Gasteiger partial charge in [0.2, 0.25) is 76.8 Å². The summed E-state index contributed by atoms with van der Waals surface area (Å²) in [6.45, 7) is 4.21. The molecule has 11 atom stereocenters. The molecule has 0 aliphatic carbocycles. The van der Waals surface area contributed by atoms with Crippen molar-refractivity contribution in [1.82, 2.24) is 73.0 Å². The standard InChI is InChI=1S/C80H109N21O13S/c1-45(2)37-61(73(108)92-57(69(85)104)32-36-115-3)97-76(111)65(41-49-44-91-56-25-12-9-21-52(49)56)100-74(109)62(38-46-17-5-4-6-18-46)98-77(112)64(40-48-43-90-55-24-11-8-20-51(48)55)99-72(107)58(28-30-67(83)102)93-71(106)59(29-31-68(84)103)94-78(113)66-27-16-35-101(66)79(114)60(26-13-14-33-81)95-75(110)63(39-47-42-89-54-23-10-7-19-50(47)54)96-70(105)53(82)22-15-34-88-80(86)87/h4-12,17-21,23-25,42-45,53,57-66,89-91H,13-16,22,26-41,81-82H2,1-3H3,(H2,83,102)(H2,84,103)(H2,85,104)(H,92,108)(H,93,106)(H,94,113)(H,95,110)(H,96,105)(H,97,111)(H,98,112)(H,99,107)(H,100,109)(H4,86,87,88)/t53-,57-,58-,59-,60-,61-,62-,63+,64+,65+,66-/m0/s1. The minimum Gasteiger partial charge on any atom is -0.370 e. The fourth-order valence-corrected chi connectivity index (χ4v) is 14.4. The van der Waals surface area contributed by atoms with Crippen molar-refractivity contribution in [3.8, 4) is 0 Å². The van der Waals surface area contributed by atoms with Crippen LogP contribution in [0, 0.1) is 11.3 Å². The number of rotatable bonds is 47. The molecular weight excluding hydrogens is 1500 g/mol. The van der Waals surface area contributed by atoms with E-state index >= 15 is 19.2 Å². The summed E-state index contributed by atoms with van der Waals surface area (Å²) in [5.41, 5.74) is 39.2. The third-order valence-electron chi connectivity index (χ3n) is 20.1. The predicted molar refractivity (Wildman–Crippen MR) is 437 cm³/mol. The molecule has 35 heteroatoms. The summed E-state index contributed by atoms with van der Waals surface area (Å²) in [5.74, 6) is -10.7. The second-order valence-corrected chi connectivity index (χ2v) is 30.3. The first-order valence-corrected chi connectivity index (χ1v) is 40.1. The van der Waals surface area contributed by atoms with Gasteiger partial charge >= 0.3 is 0 Å². The van der Waals surface area contributed by atoms with E-state index in [1.54, 1.807) is 79.3 Å². The average Bonchev–Trinajstić information content (AvgIpc) is 1.70. The lowest BCUT2D eigenvalue weighted by Gasteiger charge is -2.31. The van der Waals surface area contributed by atoms with Crippen molar-refractivity contribution in [2.24, 2.45) is 40.3 Å². The molecule has 3 aromatic heterocycles. The molecule has 1 fully saturated rings. The maximum absolute atomic E-state index is 15.5. The molecule has 8 rings (SSSR count). The number of benzene rings is 4. The highest BCUT2D eigenvalue weighted by Crippen LogP contribution is 2.26. The number of nitrogens with zero attached hydrogens (tertiary/aromatic N) is 1. The Labute approximate surface area is 670 Å². The Morgan fingerprint density at radius 1 is 0.478 bits per heavy atom. The zero-order valence-corrected chi connectivity index (χ0v) is 65.8. The quantitative estimate of drug-likeness (QED) is 0.0138. The van der Waals surface area contributed by atoms with Crippen molar-refractivity contribution in [2.45, 2.75) is 189 Å². The Balaban J connectivity index is 1.05. The molecule has 0 saturated carbocycles. The number of likely N-dealkylation sites (tertiary alicyclic amines) is 1. The molecule has 618 valence electrons. The van der Waals surface area contributed by atoms with E-state index in [4.69, 9.17) is 39.8 Å². The molecule has 13 amide bonds.